The number of rotatable bonds is 10. The minimum atomic E-state index is -4.34. The molecular formula is C29H35F3N4S2. The van der Waals surface area contributed by atoms with Crippen molar-refractivity contribution in [1.29, 1.82) is 0 Å². The van der Waals surface area contributed by atoms with E-state index >= 15 is 0 Å². The zero-order chi connectivity index (χ0) is 27.0. The van der Waals surface area contributed by atoms with Crippen LogP contribution in [0.2, 0.25) is 0 Å². The molecule has 0 spiro atoms. The SMILES string of the molecule is CCSc1ccc(NCC#Cc2cc3c(NC4CCN(CCSC)CC4)cccc3n2CC(F)(F)F)cc1. The lowest BCUT2D eigenvalue weighted by Crippen LogP contribution is -2.40. The summed E-state index contributed by atoms with van der Waals surface area (Å²) in [5.74, 6) is 8.16. The summed E-state index contributed by atoms with van der Waals surface area (Å²) in [5, 5.41) is 7.63. The number of benzene rings is 2. The van der Waals surface area contributed by atoms with Crippen molar-refractivity contribution in [1.82, 2.24) is 9.47 Å². The number of halogens is 3. The average Bonchev–Trinajstić information content (AvgIpc) is 3.24. The number of likely N-dealkylation sites (tertiary alicyclic amines) is 1. The number of aromatic nitrogens is 1. The van der Waals surface area contributed by atoms with E-state index in [1.165, 1.54) is 9.46 Å². The van der Waals surface area contributed by atoms with Gasteiger partial charge in [-0.2, -0.15) is 24.9 Å². The molecule has 0 amide bonds. The number of nitrogens with zero attached hydrogens (tertiary/aromatic N) is 2. The van der Waals surface area contributed by atoms with E-state index in [0.717, 1.165) is 60.7 Å². The first-order valence-electron chi connectivity index (χ1n) is 13.0. The Kier molecular flexibility index (Phi) is 10.2. The fraction of sp³-hybridized carbons (Fsp3) is 0.448. The highest BCUT2D eigenvalue weighted by atomic mass is 32.2. The van der Waals surface area contributed by atoms with Crippen LogP contribution in [0.5, 0.6) is 0 Å². The highest BCUT2D eigenvalue weighted by Crippen LogP contribution is 2.31. The van der Waals surface area contributed by atoms with E-state index in [1.54, 1.807) is 23.9 Å². The van der Waals surface area contributed by atoms with Crippen molar-refractivity contribution in [2.45, 2.75) is 43.4 Å². The van der Waals surface area contributed by atoms with E-state index in [4.69, 9.17) is 0 Å². The van der Waals surface area contributed by atoms with Crippen LogP contribution in [0, 0.1) is 11.8 Å². The molecule has 2 aromatic carbocycles. The molecule has 0 saturated carbocycles. The monoisotopic (exact) mass is 560 g/mol. The first kappa shape index (κ1) is 28.6. The van der Waals surface area contributed by atoms with Gasteiger partial charge in [0.25, 0.3) is 0 Å². The van der Waals surface area contributed by atoms with Crippen LogP contribution in [-0.2, 0) is 6.54 Å². The number of hydrogen-bond donors (Lipinski definition) is 2. The molecule has 204 valence electrons. The molecule has 0 unspecified atom stereocenters. The molecule has 1 fully saturated rings. The third-order valence-corrected chi connectivity index (χ3v) is 8.09. The molecule has 4 nitrogen and oxygen atoms in total. The lowest BCUT2D eigenvalue weighted by atomic mass is 10.0. The smallest absolute Gasteiger partial charge is 0.382 e. The predicted octanol–water partition coefficient (Wildman–Crippen LogP) is 7.02. The fourth-order valence-electron chi connectivity index (χ4n) is 4.72. The highest BCUT2D eigenvalue weighted by Gasteiger charge is 2.30. The first-order chi connectivity index (χ1) is 18.4. The summed E-state index contributed by atoms with van der Waals surface area (Å²) >= 11 is 3.63. The Balaban J connectivity index is 1.49. The molecule has 1 aliphatic heterocycles. The van der Waals surface area contributed by atoms with Gasteiger partial charge in [-0.25, -0.2) is 0 Å². The quantitative estimate of drug-likeness (QED) is 0.206. The molecular weight excluding hydrogens is 525 g/mol. The molecule has 0 atom stereocenters. The molecule has 0 bridgehead atoms. The number of fused-ring (bicyclic) bond motifs is 1. The molecule has 9 heteroatoms. The van der Waals surface area contributed by atoms with E-state index in [-0.39, 0.29) is 0 Å². The summed E-state index contributed by atoms with van der Waals surface area (Å²) in [6.45, 7) is 4.56. The van der Waals surface area contributed by atoms with Crippen LogP contribution < -0.4 is 10.6 Å². The van der Waals surface area contributed by atoms with Crippen molar-refractivity contribution in [3.63, 3.8) is 0 Å². The third-order valence-electron chi connectivity index (χ3n) is 6.60. The summed E-state index contributed by atoms with van der Waals surface area (Å²) in [6, 6.07) is 15.7. The van der Waals surface area contributed by atoms with Gasteiger partial charge < -0.3 is 20.1 Å². The van der Waals surface area contributed by atoms with Gasteiger partial charge in [0.15, 0.2) is 0 Å². The molecule has 1 saturated heterocycles. The van der Waals surface area contributed by atoms with Gasteiger partial charge >= 0.3 is 6.18 Å². The molecule has 0 radical (unpaired) electrons. The molecule has 0 aliphatic carbocycles. The molecule has 4 rings (SSSR count). The molecule has 1 aliphatic rings. The molecule has 3 aromatic rings. The maximum Gasteiger partial charge on any atom is 0.406 e. The molecule has 2 N–H and O–H groups in total. The van der Waals surface area contributed by atoms with Crippen molar-refractivity contribution in [3.8, 4) is 11.8 Å². The van der Waals surface area contributed by atoms with Gasteiger partial charge in [-0.05, 0) is 73.2 Å². The van der Waals surface area contributed by atoms with Crippen LogP contribution in [-0.4, -0.2) is 65.6 Å². The molecule has 38 heavy (non-hydrogen) atoms. The lowest BCUT2D eigenvalue weighted by molar-refractivity contribution is -0.140. The van der Waals surface area contributed by atoms with Gasteiger partial charge in [0.2, 0.25) is 0 Å². The van der Waals surface area contributed by atoms with Crippen LogP contribution in [0.25, 0.3) is 10.9 Å². The van der Waals surface area contributed by atoms with E-state index < -0.39 is 12.7 Å². The third kappa shape index (κ3) is 8.05. The van der Waals surface area contributed by atoms with Crippen LogP contribution in [0.1, 0.15) is 25.5 Å². The van der Waals surface area contributed by atoms with Crippen molar-refractivity contribution in [2.24, 2.45) is 0 Å². The largest absolute Gasteiger partial charge is 0.406 e. The predicted molar refractivity (Wildman–Crippen MR) is 158 cm³/mol. The van der Waals surface area contributed by atoms with Crippen LogP contribution in [0.4, 0.5) is 24.5 Å². The van der Waals surface area contributed by atoms with Gasteiger partial charge in [0.1, 0.15) is 6.54 Å². The summed E-state index contributed by atoms with van der Waals surface area (Å²) in [6.07, 6.45) is -0.179. The Labute approximate surface area is 232 Å². The first-order valence-corrected chi connectivity index (χ1v) is 15.4. The zero-order valence-corrected chi connectivity index (χ0v) is 23.5. The second-order valence-corrected chi connectivity index (χ2v) is 11.7. The Morgan fingerprint density at radius 3 is 2.53 bits per heavy atom. The van der Waals surface area contributed by atoms with Gasteiger partial charge in [-0.3, -0.25) is 0 Å². The van der Waals surface area contributed by atoms with Gasteiger partial charge in [0, 0.05) is 53.1 Å². The van der Waals surface area contributed by atoms with E-state index in [9.17, 15) is 13.2 Å². The maximum absolute atomic E-state index is 13.5. The highest BCUT2D eigenvalue weighted by molar-refractivity contribution is 7.99. The number of anilines is 2. The van der Waals surface area contributed by atoms with Crippen molar-refractivity contribution in [3.05, 3.63) is 54.2 Å². The average molecular weight is 561 g/mol. The number of alkyl halides is 3. The minimum Gasteiger partial charge on any atom is -0.382 e. The van der Waals surface area contributed by atoms with Crippen LogP contribution in [0.3, 0.4) is 0 Å². The number of thioether (sulfide) groups is 2. The van der Waals surface area contributed by atoms with Crippen LogP contribution >= 0.6 is 23.5 Å². The number of nitrogens with one attached hydrogen (secondary N) is 2. The standard InChI is InChI=1S/C29H35F3N4S2/c1-3-38-25-11-9-22(10-12-25)33-15-5-6-24-20-26-27(7-4-8-28(26)36(24)21-29(30,31)32)34-23-13-16-35(17-14-23)18-19-37-2/h4,7-12,20,23,33-34H,3,13-19,21H2,1-2H3. The van der Waals surface area contributed by atoms with E-state index in [2.05, 4.69) is 40.6 Å². The summed E-state index contributed by atoms with van der Waals surface area (Å²) < 4.78 is 41.8. The fourth-order valence-corrected chi connectivity index (χ4v) is 5.82. The zero-order valence-electron chi connectivity index (χ0n) is 21.9. The normalized spacial score (nSPS) is 14.9. The second-order valence-electron chi connectivity index (χ2n) is 9.34. The summed E-state index contributed by atoms with van der Waals surface area (Å²) in [5.41, 5.74) is 2.72. The summed E-state index contributed by atoms with van der Waals surface area (Å²) in [4.78, 5) is 3.68. The number of hydrogen-bond acceptors (Lipinski definition) is 5. The topological polar surface area (TPSA) is 32.2 Å². The second kappa shape index (κ2) is 13.6. The van der Waals surface area contributed by atoms with Crippen molar-refractivity contribution >= 4 is 45.8 Å². The van der Waals surface area contributed by atoms with E-state index in [1.807, 2.05) is 48.2 Å². The molecule has 2 heterocycles. The van der Waals surface area contributed by atoms with Gasteiger partial charge in [0.05, 0.1) is 17.8 Å². The van der Waals surface area contributed by atoms with Gasteiger partial charge in [-0.1, -0.05) is 18.9 Å². The van der Waals surface area contributed by atoms with E-state index in [0.29, 0.717) is 23.8 Å². The molecule has 1 aromatic heterocycles. The van der Waals surface area contributed by atoms with Crippen LogP contribution in [0.15, 0.2) is 53.4 Å². The Bertz CT molecular complexity index is 1240. The van der Waals surface area contributed by atoms with Crippen molar-refractivity contribution < 1.29 is 13.2 Å². The van der Waals surface area contributed by atoms with Crippen molar-refractivity contribution in [2.75, 3.05) is 54.6 Å². The summed E-state index contributed by atoms with van der Waals surface area (Å²) in [7, 11) is 0. The Morgan fingerprint density at radius 2 is 1.84 bits per heavy atom. The minimum absolute atomic E-state index is 0.304. The van der Waals surface area contributed by atoms with Gasteiger partial charge in [-0.15, -0.1) is 11.8 Å². The number of piperidine rings is 1. The Morgan fingerprint density at radius 1 is 1.08 bits per heavy atom. The lowest BCUT2D eigenvalue weighted by Gasteiger charge is -2.32. The Hall–Kier alpha value is -2.41. The maximum atomic E-state index is 13.5.